The Hall–Kier alpha value is -1.50. The number of benzene rings is 1. The summed E-state index contributed by atoms with van der Waals surface area (Å²) in [5, 5.41) is 3.73. The van der Waals surface area contributed by atoms with Gasteiger partial charge in [0, 0.05) is 44.3 Å². The number of hydrogen-bond donors (Lipinski definition) is 1. The normalized spacial score (nSPS) is 15.1. The molecule has 0 spiro atoms. The number of likely N-dealkylation sites (N-methyl/N-ethyl adjacent to an activating group) is 1. The summed E-state index contributed by atoms with van der Waals surface area (Å²) >= 11 is 11.9. The van der Waals surface area contributed by atoms with Crippen LogP contribution < -0.4 is 5.32 Å². The molecule has 0 unspecified atom stereocenters. The van der Waals surface area contributed by atoms with Gasteiger partial charge >= 0.3 is 6.03 Å². The lowest BCUT2D eigenvalue weighted by Crippen LogP contribution is -2.52. The van der Waals surface area contributed by atoms with Crippen LogP contribution in [0, 0.1) is 0 Å². The van der Waals surface area contributed by atoms with E-state index in [1.165, 1.54) is 0 Å². The molecule has 8 heteroatoms. The van der Waals surface area contributed by atoms with Gasteiger partial charge in [-0.05, 0) is 32.0 Å². The summed E-state index contributed by atoms with van der Waals surface area (Å²) in [6, 6.07) is 4.76. The Kier molecular flexibility index (Phi) is 7.35. The summed E-state index contributed by atoms with van der Waals surface area (Å²) in [4.78, 5) is 30.2. The van der Waals surface area contributed by atoms with Gasteiger partial charge in [0.2, 0.25) is 5.91 Å². The van der Waals surface area contributed by atoms with Crippen molar-refractivity contribution in [1.82, 2.24) is 14.7 Å². The van der Waals surface area contributed by atoms with Gasteiger partial charge in [0.25, 0.3) is 0 Å². The number of halogens is 2. The SMILES string of the molecule is CCN(CC)C(=O)CN1CCN(C(=O)Nc2ccc(Cl)cc2Cl)CC1. The molecule has 0 bridgehead atoms. The molecule has 138 valence electrons. The third-order valence-electron chi connectivity index (χ3n) is 4.31. The molecule has 1 heterocycles. The molecule has 0 radical (unpaired) electrons. The van der Waals surface area contributed by atoms with Crippen LogP contribution in [0.25, 0.3) is 0 Å². The van der Waals surface area contributed by atoms with E-state index in [0.717, 1.165) is 13.1 Å². The van der Waals surface area contributed by atoms with Crippen molar-refractivity contribution in [2.45, 2.75) is 13.8 Å². The number of carbonyl (C=O) groups is 2. The molecule has 0 atom stereocenters. The number of urea groups is 1. The Bertz CT molecular complexity index is 615. The van der Waals surface area contributed by atoms with Gasteiger partial charge in [-0.1, -0.05) is 23.2 Å². The number of anilines is 1. The van der Waals surface area contributed by atoms with E-state index in [1.54, 1.807) is 23.1 Å². The van der Waals surface area contributed by atoms with Crippen molar-refractivity contribution in [3.63, 3.8) is 0 Å². The lowest BCUT2D eigenvalue weighted by molar-refractivity contribution is -0.132. The van der Waals surface area contributed by atoms with Crippen LogP contribution in [0.2, 0.25) is 10.0 Å². The lowest BCUT2D eigenvalue weighted by atomic mass is 10.3. The van der Waals surface area contributed by atoms with Gasteiger partial charge in [0.15, 0.2) is 0 Å². The smallest absolute Gasteiger partial charge is 0.321 e. The minimum Gasteiger partial charge on any atom is -0.342 e. The third kappa shape index (κ3) is 5.49. The molecule has 0 saturated carbocycles. The molecule has 25 heavy (non-hydrogen) atoms. The van der Waals surface area contributed by atoms with E-state index in [-0.39, 0.29) is 11.9 Å². The van der Waals surface area contributed by atoms with Crippen LogP contribution in [0.1, 0.15) is 13.8 Å². The third-order valence-corrected chi connectivity index (χ3v) is 4.86. The number of amides is 3. The first-order valence-corrected chi connectivity index (χ1v) is 9.21. The van der Waals surface area contributed by atoms with E-state index in [4.69, 9.17) is 23.2 Å². The van der Waals surface area contributed by atoms with E-state index in [0.29, 0.717) is 48.5 Å². The summed E-state index contributed by atoms with van der Waals surface area (Å²) < 4.78 is 0. The fourth-order valence-corrected chi connectivity index (χ4v) is 3.22. The van der Waals surface area contributed by atoms with Crippen molar-refractivity contribution in [1.29, 1.82) is 0 Å². The maximum absolute atomic E-state index is 12.4. The Morgan fingerprint density at radius 2 is 1.76 bits per heavy atom. The van der Waals surface area contributed by atoms with Crippen molar-refractivity contribution in [3.8, 4) is 0 Å². The first-order valence-electron chi connectivity index (χ1n) is 8.45. The predicted molar refractivity (Wildman–Crippen MR) is 101 cm³/mol. The van der Waals surface area contributed by atoms with Crippen molar-refractivity contribution >= 4 is 40.8 Å². The number of nitrogens with one attached hydrogen (secondary N) is 1. The summed E-state index contributed by atoms with van der Waals surface area (Å²) in [6.07, 6.45) is 0. The molecule has 1 saturated heterocycles. The first kappa shape index (κ1) is 19.8. The Morgan fingerprint density at radius 1 is 1.12 bits per heavy atom. The zero-order valence-corrected chi connectivity index (χ0v) is 16.1. The van der Waals surface area contributed by atoms with Crippen LogP contribution in [-0.4, -0.2) is 72.5 Å². The van der Waals surface area contributed by atoms with Crippen LogP contribution in [0.5, 0.6) is 0 Å². The number of hydrogen-bond acceptors (Lipinski definition) is 3. The first-order chi connectivity index (χ1) is 11.9. The Balaban J connectivity index is 1.83. The Morgan fingerprint density at radius 3 is 2.32 bits per heavy atom. The monoisotopic (exact) mass is 386 g/mol. The fourth-order valence-electron chi connectivity index (χ4n) is 2.76. The topological polar surface area (TPSA) is 55.9 Å². The van der Waals surface area contributed by atoms with E-state index < -0.39 is 0 Å². The van der Waals surface area contributed by atoms with Crippen LogP contribution >= 0.6 is 23.2 Å². The number of carbonyl (C=O) groups excluding carboxylic acids is 2. The Labute approximate surface area is 158 Å². The maximum atomic E-state index is 12.4. The maximum Gasteiger partial charge on any atom is 0.321 e. The van der Waals surface area contributed by atoms with Gasteiger partial charge in [-0.2, -0.15) is 0 Å². The van der Waals surface area contributed by atoms with Gasteiger partial charge in [0.05, 0.1) is 17.3 Å². The highest BCUT2D eigenvalue weighted by Gasteiger charge is 2.24. The van der Waals surface area contributed by atoms with Crippen molar-refractivity contribution < 1.29 is 9.59 Å². The lowest BCUT2D eigenvalue weighted by Gasteiger charge is -2.35. The second kappa shape index (κ2) is 9.27. The van der Waals surface area contributed by atoms with Gasteiger partial charge < -0.3 is 15.1 Å². The number of nitrogens with zero attached hydrogens (tertiary/aromatic N) is 3. The van der Waals surface area contributed by atoms with Crippen LogP contribution in [0.3, 0.4) is 0 Å². The molecule has 0 aliphatic carbocycles. The highest BCUT2D eigenvalue weighted by atomic mass is 35.5. The highest BCUT2D eigenvalue weighted by molar-refractivity contribution is 6.36. The minimum atomic E-state index is -0.195. The molecule has 6 nitrogen and oxygen atoms in total. The minimum absolute atomic E-state index is 0.135. The quantitative estimate of drug-likeness (QED) is 0.845. The van der Waals surface area contributed by atoms with E-state index in [9.17, 15) is 9.59 Å². The molecule has 1 aromatic carbocycles. The van der Waals surface area contributed by atoms with Gasteiger partial charge in [-0.15, -0.1) is 0 Å². The molecule has 2 rings (SSSR count). The van der Waals surface area contributed by atoms with Crippen molar-refractivity contribution in [2.75, 3.05) is 51.1 Å². The summed E-state index contributed by atoms with van der Waals surface area (Å²) in [5.74, 6) is 0.135. The average Bonchev–Trinajstić information content (AvgIpc) is 2.59. The molecule has 1 N–H and O–H groups in total. The molecule has 3 amide bonds. The van der Waals surface area contributed by atoms with Gasteiger partial charge in [-0.3, -0.25) is 9.69 Å². The van der Waals surface area contributed by atoms with E-state index in [1.807, 2.05) is 18.7 Å². The molecular formula is C17H24Cl2N4O2. The summed E-state index contributed by atoms with van der Waals surface area (Å²) in [5.41, 5.74) is 0.537. The number of rotatable bonds is 5. The van der Waals surface area contributed by atoms with Crippen LogP contribution in [0.15, 0.2) is 18.2 Å². The molecule has 1 aliphatic rings. The zero-order chi connectivity index (χ0) is 18.4. The number of piperazine rings is 1. The summed E-state index contributed by atoms with van der Waals surface area (Å²) in [7, 11) is 0. The van der Waals surface area contributed by atoms with Crippen molar-refractivity contribution in [2.24, 2.45) is 0 Å². The zero-order valence-electron chi connectivity index (χ0n) is 14.6. The average molecular weight is 387 g/mol. The van der Waals surface area contributed by atoms with Gasteiger partial charge in [0.1, 0.15) is 0 Å². The molecule has 1 aliphatic heterocycles. The van der Waals surface area contributed by atoms with E-state index in [2.05, 4.69) is 10.2 Å². The highest BCUT2D eigenvalue weighted by Crippen LogP contribution is 2.25. The molecule has 1 fully saturated rings. The second-order valence-electron chi connectivity index (χ2n) is 5.88. The second-order valence-corrected chi connectivity index (χ2v) is 6.73. The predicted octanol–water partition coefficient (Wildman–Crippen LogP) is 3.01. The van der Waals surface area contributed by atoms with Crippen LogP contribution in [-0.2, 0) is 4.79 Å². The summed E-state index contributed by atoms with van der Waals surface area (Å²) in [6.45, 7) is 8.30. The van der Waals surface area contributed by atoms with Crippen molar-refractivity contribution in [3.05, 3.63) is 28.2 Å². The van der Waals surface area contributed by atoms with E-state index >= 15 is 0 Å². The molecular weight excluding hydrogens is 363 g/mol. The molecule has 1 aromatic rings. The fraction of sp³-hybridized carbons (Fsp3) is 0.529. The van der Waals surface area contributed by atoms with Gasteiger partial charge in [-0.25, -0.2) is 4.79 Å². The van der Waals surface area contributed by atoms with Crippen LogP contribution in [0.4, 0.5) is 10.5 Å². The standard InChI is InChI=1S/C17H24Cl2N4O2/c1-3-22(4-2)16(24)12-21-7-9-23(10-8-21)17(25)20-15-6-5-13(18)11-14(15)19/h5-6,11H,3-4,7-10,12H2,1-2H3,(H,20,25). The largest absolute Gasteiger partial charge is 0.342 e. The molecule has 0 aromatic heterocycles.